The summed E-state index contributed by atoms with van der Waals surface area (Å²) in [7, 11) is 0. The minimum atomic E-state index is 0. The normalized spacial score (nSPS) is 26.8. The maximum absolute atomic E-state index is 5.42. The molecule has 1 rings (SSSR count). The molecule has 0 bridgehead atoms. The van der Waals surface area contributed by atoms with Crippen LogP contribution in [0.2, 0.25) is 4.55 Å². The zero-order valence-electron chi connectivity index (χ0n) is 9.01. The third-order valence-electron chi connectivity index (χ3n) is 1.68. The van der Waals surface area contributed by atoms with Crippen molar-refractivity contribution in [3.8, 4) is 0 Å². The Labute approximate surface area is 101 Å². The van der Waals surface area contributed by atoms with Crippen molar-refractivity contribution in [3.63, 3.8) is 0 Å². The van der Waals surface area contributed by atoms with Crippen LogP contribution in [-0.4, -0.2) is 47.0 Å². The zero-order chi connectivity index (χ0) is 9.40. The van der Waals surface area contributed by atoms with Crippen molar-refractivity contribution in [1.82, 2.24) is 5.32 Å². The lowest BCUT2D eigenvalue weighted by Crippen LogP contribution is -2.41. The van der Waals surface area contributed by atoms with Gasteiger partial charge in [-0.25, -0.2) is 0 Å². The molecule has 1 fully saturated rings. The van der Waals surface area contributed by atoms with Gasteiger partial charge in [0.1, 0.15) is 0 Å². The highest BCUT2D eigenvalue weighted by atomic mass is 35.5. The quantitative estimate of drug-likeness (QED) is 0.678. The Balaban J connectivity index is 0. The molecule has 2 atom stereocenters. The Morgan fingerprint density at radius 3 is 1.85 bits per heavy atom. The molecule has 2 unspecified atom stereocenters. The smallest absolute Gasteiger partial charge is 0.373 e. The number of rotatable bonds is 1. The molecule has 1 heterocycles. The van der Waals surface area contributed by atoms with Crippen molar-refractivity contribution in [2.75, 3.05) is 13.1 Å². The minimum absolute atomic E-state index is 0. The van der Waals surface area contributed by atoms with Crippen LogP contribution in [0.25, 0.3) is 0 Å². The summed E-state index contributed by atoms with van der Waals surface area (Å²) in [6, 6.07) is 0. The van der Waals surface area contributed by atoms with E-state index in [0.717, 1.165) is 13.1 Å². The van der Waals surface area contributed by atoms with Gasteiger partial charge in [0, 0.05) is 19.5 Å². The van der Waals surface area contributed by atoms with Crippen molar-refractivity contribution in [1.29, 1.82) is 0 Å². The van der Waals surface area contributed by atoms with Gasteiger partial charge < -0.3 is 10.1 Å². The second-order valence-electron chi connectivity index (χ2n) is 3.27. The predicted octanol–water partition coefficient (Wildman–Crippen LogP) is 1.79. The molecule has 0 aromatic carbocycles. The molecule has 1 saturated heterocycles. The summed E-state index contributed by atoms with van der Waals surface area (Å²) in [6.45, 7) is 8.37. The maximum Gasteiger partial charge on any atom is 1.41 e. The average Bonchev–Trinajstić information content (AvgIpc) is 2.04. The summed E-state index contributed by atoms with van der Waals surface area (Å²) in [5.41, 5.74) is 0. The van der Waals surface area contributed by atoms with Gasteiger partial charge in [-0.05, 0) is 13.8 Å². The lowest BCUT2D eigenvalue weighted by molar-refractivity contribution is -0.0166. The highest BCUT2D eigenvalue weighted by Crippen LogP contribution is 2.00. The van der Waals surface area contributed by atoms with Crippen LogP contribution in [0.5, 0.6) is 0 Å². The molecule has 0 spiro atoms. The standard InChI is InChI=1S/C6H13NO.C3H7.ClH.Mg/c1-5-3-7-4-6(2)8-5;1-3-2;;/h5-7H,3-4H2,1-2H3;1,3H2,2H3;1H;/q;;;+2. The van der Waals surface area contributed by atoms with Gasteiger partial charge >= 0.3 is 21.7 Å². The maximum atomic E-state index is 5.42. The zero-order valence-corrected chi connectivity index (χ0v) is 11.2. The molecule has 0 aliphatic carbocycles. The Morgan fingerprint density at radius 1 is 1.31 bits per heavy atom. The highest BCUT2D eigenvalue weighted by Gasteiger charge is 2.17. The molecule has 4 heteroatoms. The highest BCUT2D eigenvalue weighted by molar-refractivity contribution is 6.08. The molecule has 2 nitrogen and oxygen atoms in total. The molecule has 7 radical (unpaired) electrons. The van der Waals surface area contributed by atoms with Crippen LogP contribution in [0.15, 0.2) is 0 Å². The van der Waals surface area contributed by atoms with E-state index < -0.39 is 0 Å². The van der Waals surface area contributed by atoms with E-state index in [1.165, 1.54) is 11.0 Å². The fourth-order valence-corrected chi connectivity index (χ4v) is 0.983. The van der Waals surface area contributed by atoms with E-state index in [0.29, 0.717) is 12.2 Å². The van der Waals surface area contributed by atoms with E-state index in [-0.39, 0.29) is 12.4 Å². The molecule has 0 saturated carbocycles. The minimum Gasteiger partial charge on any atom is -0.373 e. The Morgan fingerprint density at radius 2 is 1.69 bits per heavy atom. The summed E-state index contributed by atoms with van der Waals surface area (Å²) in [4.78, 5) is 0. The van der Waals surface area contributed by atoms with Crippen molar-refractivity contribution in [2.45, 2.75) is 44.0 Å². The molecule has 1 aliphatic heterocycles. The first-order valence-corrected chi connectivity index (χ1v) is 5.86. The first-order chi connectivity index (χ1) is 5.70. The average molecular weight is 219 g/mol. The van der Waals surface area contributed by atoms with Gasteiger partial charge in [-0.2, -0.15) is 0 Å². The van der Waals surface area contributed by atoms with Gasteiger partial charge in [-0.3, -0.25) is 0 Å². The summed E-state index contributed by atoms with van der Waals surface area (Å²) in [5, 5.41) is 3.26. The second kappa shape index (κ2) is 11.1. The lowest BCUT2D eigenvalue weighted by Gasteiger charge is -2.25. The summed E-state index contributed by atoms with van der Waals surface area (Å²) in [5.74, 6) is 0. The third-order valence-corrected chi connectivity index (χ3v) is 2.39. The van der Waals surface area contributed by atoms with E-state index in [1.54, 1.807) is 0 Å². The molecular formula is C9H21ClMgNO+2. The van der Waals surface area contributed by atoms with E-state index >= 15 is 0 Å². The Kier molecular flexibility index (Phi) is 14.0. The monoisotopic (exact) mass is 218 g/mol. The van der Waals surface area contributed by atoms with Crippen LogP contribution in [0.4, 0.5) is 0 Å². The van der Waals surface area contributed by atoms with Gasteiger partial charge in [-0.15, -0.1) is 12.4 Å². The van der Waals surface area contributed by atoms with Crippen LogP contribution in [-0.2, 0) is 4.74 Å². The Bertz CT molecular complexity index is 95.6. The number of morpholine rings is 1. The lowest BCUT2D eigenvalue weighted by atomic mass is 10.3. The molecule has 0 amide bonds. The summed E-state index contributed by atoms with van der Waals surface area (Å²) in [6.07, 6.45) is 2.14. The predicted molar refractivity (Wildman–Crippen MR) is 61.0 cm³/mol. The van der Waals surface area contributed by atoms with E-state index in [1.807, 2.05) is 21.7 Å². The number of hydrogen-bond acceptors (Lipinski definition) is 2. The number of halogens is 1. The van der Waals surface area contributed by atoms with Crippen LogP contribution < -0.4 is 5.32 Å². The van der Waals surface area contributed by atoms with Crippen LogP contribution >= 0.6 is 12.4 Å². The molecule has 13 heavy (non-hydrogen) atoms. The third kappa shape index (κ3) is 10.9. The molecule has 0 aromatic heterocycles. The first-order valence-electron chi connectivity index (χ1n) is 4.86. The van der Waals surface area contributed by atoms with Crippen LogP contribution in [0.1, 0.15) is 27.2 Å². The van der Waals surface area contributed by atoms with Crippen molar-refractivity contribution >= 4 is 34.1 Å². The van der Waals surface area contributed by atoms with Gasteiger partial charge in [-0.1, -0.05) is 6.92 Å². The summed E-state index contributed by atoms with van der Waals surface area (Å²) < 4.78 is 6.77. The fraction of sp³-hybridized carbons (Fsp3) is 1.00. The molecule has 0 aromatic rings. The van der Waals surface area contributed by atoms with Crippen molar-refractivity contribution in [3.05, 3.63) is 0 Å². The topological polar surface area (TPSA) is 21.3 Å². The fourth-order valence-electron chi connectivity index (χ4n) is 0.983. The van der Waals surface area contributed by atoms with E-state index in [9.17, 15) is 0 Å². The number of nitrogens with one attached hydrogen (secondary N) is 1. The second-order valence-corrected chi connectivity index (χ2v) is 3.98. The van der Waals surface area contributed by atoms with Crippen molar-refractivity contribution in [2.24, 2.45) is 0 Å². The SMILES string of the molecule is CC1CNCC(C)O1.CC[CH2][Mg+2].Cl. The van der Waals surface area contributed by atoms with Gasteiger partial charge in [0.25, 0.3) is 4.55 Å². The van der Waals surface area contributed by atoms with E-state index in [4.69, 9.17) is 4.74 Å². The largest absolute Gasteiger partial charge is 1.41 e. The van der Waals surface area contributed by atoms with Crippen LogP contribution in [0.3, 0.4) is 0 Å². The molecule has 1 N–H and O–H groups in total. The van der Waals surface area contributed by atoms with Gasteiger partial charge in [0.05, 0.1) is 12.2 Å². The molecular weight excluding hydrogens is 198 g/mol. The van der Waals surface area contributed by atoms with Crippen LogP contribution in [0, 0.1) is 0 Å². The number of ether oxygens (including phenoxy) is 1. The first kappa shape index (κ1) is 16.4. The van der Waals surface area contributed by atoms with E-state index in [2.05, 4.69) is 26.1 Å². The number of hydrogen-bond donors (Lipinski definition) is 1. The van der Waals surface area contributed by atoms with Crippen molar-refractivity contribution < 1.29 is 4.74 Å². The molecule has 1 aliphatic rings. The van der Waals surface area contributed by atoms with Gasteiger partial charge in [0.15, 0.2) is 0 Å². The van der Waals surface area contributed by atoms with Gasteiger partial charge in [0.2, 0.25) is 0 Å². The Hall–Kier alpha value is 0.976. The molecule has 75 valence electrons. The summed E-state index contributed by atoms with van der Waals surface area (Å²) >= 11 is 2.02.